The molecular weight excluding hydrogens is 198 g/mol. The van der Waals surface area contributed by atoms with Gasteiger partial charge in [0.05, 0.1) is 11.5 Å². The number of likely N-dealkylation sites (tertiary alicyclic amines) is 1. The Morgan fingerprint density at radius 2 is 2.19 bits per heavy atom. The monoisotopic (exact) mass is 223 g/mol. The zero-order chi connectivity index (χ0) is 12.2. The van der Waals surface area contributed by atoms with Crippen LogP contribution in [0.4, 0.5) is 0 Å². The average Bonchev–Trinajstić information content (AvgIpc) is 2.23. The number of piperidine rings is 1. The van der Waals surface area contributed by atoms with Crippen LogP contribution >= 0.6 is 0 Å². The Bertz CT molecular complexity index is 254. The average molecular weight is 223 g/mol. The van der Waals surface area contributed by atoms with Gasteiger partial charge < -0.3 is 10.2 Å². The van der Waals surface area contributed by atoms with Gasteiger partial charge in [0.1, 0.15) is 0 Å². The number of nitrogens with zero attached hydrogens (tertiary/aromatic N) is 2. The summed E-state index contributed by atoms with van der Waals surface area (Å²) in [5, 5.41) is 12.5. The molecule has 1 aliphatic rings. The summed E-state index contributed by atoms with van der Waals surface area (Å²) in [7, 11) is 2.19. The van der Waals surface area contributed by atoms with Crippen LogP contribution in [0.1, 0.15) is 40.0 Å². The molecule has 2 atom stereocenters. The molecule has 3 heteroatoms. The highest BCUT2D eigenvalue weighted by atomic mass is 15.1. The van der Waals surface area contributed by atoms with Crippen LogP contribution in [0.3, 0.4) is 0 Å². The molecule has 0 aromatic carbocycles. The lowest BCUT2D eigenvalue weighted by atomic mass is 9.91. The third-order valence-corrected chi connectivity index (χ3v) is 3.69. The van der Waals surface area contributed by atoms with Crippen molar-refractivity contribution in [3.63, 3.8) is 0 Å². The van der Waals surface area contributed by atoms with E-state index in [1.165, 1.54) is 19.4 Å². The normalized spacial score (nSPS) is 27.7. The van der Waals surface area contributed by atoms with Gasteiger partial charge >= 0.3 is 0 Å². The SMILES string of the molecule is CC1CC(NCCC(C)(C)C#N)CCN1C. The largest absolute Gasteiger partial charge is 0.314 e. The first kappa shape index (κ1) is 13.5. The molecule has 16 heavy (non-hydrogen) atoms. The van der Waals surface area contributed by atoms with Gasteiger partial charge in [0, 0.05) is 12.1 Å². The van der Waals surface area contributed by atoms with Gasteiger partial charge in [-0.25, -0.2) is 0 Å². The van der Waals surface area contributed by atoms with E-state index in [-0.39, 0.29) is 5.41 Å². The standard InChI is InChI=1S/C13H25N3/c1-11-9-12(5-8-16(11)4)15-7-6-13(2,3)10-14/h11-12,15H,5-9H2,1-4H3. The van der Waals surface area contributed by atoms with Crippen molar-refractivity contribution in [1.29, 1.82) is 5.26 Å². The summed E-state index contributed by atoms with van der Waals surface area (Å²) in [4.78, 5) is 2.41. The van der Waals surface area contributed by atoms with Gasteiger partial charge in [-0.3, -0.25) is 0 Å². The molecule has 0 aromatic rings. The molecule has 1 heterocycles. The maximum atomic E-state index is 8.92. The van der Waals surface area contributed by atoms with E-state index in [0.717, 1.165) is 13.0 Å². The van der Waals surface area contributed by atoms with Crippen molar-refractivity contribution in [2.24, 2.45) is 5.41 Å². The Balaban J connectivity index is 2.22. The van der Waals surface area contributed by atoms with Crippen molar-refractivity contribution in [3.05, 3.63) is 0 Å². The summed E-state index contributed by atoms with van der Waals surface area (Å²) < 4.78 is 0. The second-order valence-electron chi connectivity index (χ2n) is 5.75. The second-order valence-corrected chi connectivity index (χ2v) is 5.75. The van der Waals surface area contributed by atoms with Crippen molar-refractivity contribution in [2.45, 2.75) is 52.1 Å². The molecule has 0 spiro atoms. The van der Waals surface area contributed by atoms with Gasteiger partial charge in [-0.15, -0.1) is 0 Å². The molecule has 1 fully saturated rings. The fourth-order valence-electron chi connectivity index (χ4n) is 2.12. The maximum Gasteiger partial charge on any atom is 0.0684 e. The lowest BCUT2D eigenvalue weighted by Gasteiger charge is -2.35. The van der Waals surface area contributed by atoms with E-state index in [1.807, 2.05) is 13.8 Å². The Morgan fingerprint density at radius 1 is 1.50 bits per heavy atom. The van der Waals surface area contributed by atoms with Gasteiger partial charge in [0.15, 0.2) is 0 Å². The fraction of sp³-hybridized carbons (Fsp3) is 0.923. The molecule has 0 aromatic heterocycles. The zero-order valence-electron chi connectivity index (χ0n) is 11.1. The first-order valence-corrected chi connectivity index (χ1v) is 6.29. The Labute approximate surface area is 99.8 Å². The minimum Gasteiger partial charge on any atom is -0.314 e. The molecule has 1 saturated heterocycles. The summed E-state index contributed by atoms with van der Waals surface area (Å²) in [6.07, 6.45) is 3.39. The molecule has 0 saturated carbocycles. The van der Waals surface area contributed by atoms with E-state index in [2.05, 4.69) is 30.3 Å². The highest BCUT2D eigenvalue weighted by Gasteiger charge is 2.23. The fourth-order valence-corrected chi connectivity index (χ4v) is 2.12. The predicted molar refractivity (Wildman–Crippen MR) is 67.1 cm³/mol. The van der Waals surface area contributed by atoms with Crippen LogP contribution in [0.2, 0.25) is 0 Å². The van der Waals surface area contributed by atoms with Crippen LogP contribution in [0.5, 0.6) is 0 Å². The molecule has 1 rings (SSSR count). The minimum atomic E-state index is -0.190. The van der Waals surface area contributed by atoms with E-state index in [9.17, 15) is 0 Å². The minimum absolute atomic E-state index is 0.190. The molecule has 0 amide bonds. The molecule has 0 radical (unpaired) electrons. The smallest absolute Gasteiger partial charge is 0.0684 e. The van der Waals surface area contributed by atoms with Gasteiger partial charge in [0.25, 0.3) is 0 Å². The van der Waals surface area contributed by atoms with Crippen molar-refractivity contribution in [1.82, 2.24) is 10.2 Å². The van der Waals surface area contributed by atoms with Crippen molar-refractivity contribution < 1.29 is 0 Å². The molecule has 92 valence electrons. The number of rotatable bonds is 4. The third-order valence-electron chi connectivity index (χ3n) is 3.69. The highest BCUT2D eigenvalue weighted by molar-refractivity contribution is 4.92. The molecule has 0 aliphatic carbocycles. The molecule has 3 nitrogen and oxygen atoms in total. The van der Waals surface area contributed by atoms with Crippen molar-refractivity contribution in [3.8, 4) is 6.07 Å². The Morgan fingerprint density at radius 3 is 2.75 bits per heavy atom. The quantitative estimate of drug-likeness (QED) is 0.792. The maximum absolute atomic E-state index is 8.92. The first-order chi connectivity index (χ1) is 7.44. The van der Waals surface area contributed by atoms with E-state index in [4.69, 9.17) is 5.26 Å². The first-order valence-electron chi connectivity index (χ1n) is 6.29. The van der Waals surface area contributed by atoms with Gasteiger partial charge in [-0.1, -0.05) is 0 Å². The second kappa shape index (κ2) is 5.65. The molecular formula is C13H25N3. The van der Waals surface area contributed by atoms with E-state index in [0.29, 0.717) is 12.1 Å². The zero-order valence-corrected chi connectivity index (χ0v) is 11.1. The van der Waals surface area contributed by atoms with Crippen LogP contribution in [-0.2, 0) is 0 Å². The number of hydrogen-bond donors (Lipinski definition) is 1. The van der Waals surface area contributed by atoms with Crippen molar-refractivity contribution >= 4 is 0 Å². The predicted octanol–water partition coefficient (Wildman–Crippen LogP) is 2.00. The topological polar surface area (TPSA) is 39.1 Å². The van der Waals surface area contributed by atoms with Gasteiger partial charge in [-0.05, 0) is 60.2 Å². The van der Waals surface area contributed by atoms with E-state index in [1.54, 1.807) is 0 Å². The summed E-state index contributed by atoms with van der Waals surface area (Å²) in [6, 6.07) is 3.66. The summed E-state index contributed by atoms with van der Waals surface area (Å²) >= 11 is 0. The van der Waals surface area contributed by atoms with Gasteiger partial charge in [-0.2, -0.15) is 5.26 Å². The van der Waals surface area contributed by atoms with E-state index < -0.39 is 0 Å². The van der Waals surface area contributed by atoms with Crippen LogP contribution in [-0.4, -0.2) is 37.1 Å². The molecule has 1 N–H and O–H groups in total. The highest BCUT2D eigenvalue weighted by Crippen LogP contribution is 2.19. The lowest BCUT2D eigenvalue weighted by molar-refractivity contribution is 0.167. The van der Waals surface area contributed by atoms with Crippen LogP contribution in [0.25, 0.3) is 0 Å². The molecule has 0 bridgehead atoms. The summed E-state index contributed by atoms with van der Waals surface area (Å²) in [6.45, 7) is 8.44. The molecule has 1 aliphatic heterocycles. The van der Waals surface area contributed by atoms with Crippen LogP contribution in [0, 0.1) is 16.7 Å². The lowest BCUT2D eigenvalue weighted by Crippen LogP contribution is -2.46. The summed E-state index contributed by atoms with van der Waals surface area (Å²) in [5.41, 5.74) is -0.190. The number of nitrogens with one attached hydrogen (secondary N) is 1. The number of nitriles is 1. The molecule has 2 unspecified atom stereocenters. The Hall–Kier alpha value is -0.590. The van der Waals surface area contributed by atoms with Crippen LogP contribution in [0.15, 0.2) is 0 Å². The summed E-state index contributed by atoms with van der Waals surface area (Å²) in [5.74, 6) is 0. The van der Waals surface area contributed by atoms with Crippen LogP contribution < -0.4 is 5.32 Å². The van der Waals surface area contributed by atoms with Gasteiger partial charge in [0.2, 0.25) is 0 Å². The van der Waals surface area contributed by atoms with Crippen molar-refractivity contribution in [2.75, 3.05) is 20.1 Å². The Kier molecular flexibility index (Phi) is 4.76. The number of hydrogen-bond acceptors (Lipinski definition) is 3. The van der Waals surface area contributed by atoms with E-state index >= 15 is 0 Å². The third kappa shape index (κ3) is 4.11.